The Bertz CT molecular complexity index is 1160. The zero-order chi connectivity index (χ0) is 28.5. The van der Waals surface area contributed by atoms with E-state index in [1.165, 1.54) is 38.9 Å². The van der Waals surface area contributed by atoms with Gasteiger partial charge in [-0.2, -0.15) is 0 Å². The van der Waals surface area contributed by atoms with E-state index in [1.54, 1.807) is 0 Å². The zero-order valence-electron chi connectivity index (χ0n) is 24.8. The van der Waals surface area contributed by atoms with Gasteiger partial charge in [-0.1, -0.05) is 95.3 Å². The van der Waals surface area contributed by atoms with E-state index in [9.17, 15) is 9.90 Å². The monoisotopic (exact) mass is 516 g/mol. The number of hydrogen-bond donors (Lipinski definition) is 2. The first-order chi connectivity index (χ1) is 18.1. The summed E-state index contributed by atoms with van der Waals surface area (Å²) < 4.78 is 0. The van der Waals surface area contributed by atoms with Crippen LogP contribution in [0.2, 0.25) is 0 Å². The second-order valence-electron chi connectivity index (χ2n) is 11.4. The SMILES string of the molecule is CCC(CC)(c1ccc(CCC(O)C(C)(C)C)c(C)c1)c1ccc(-c2ccc(CC=O)cc2)c(C)c1.CO. The van der Waals surface area contributed by atoms with Crippen molar-refractivity contribution in [2.75, 3.05) is 7.11 Å². The molecule has 1 atom stereocenters. The maximum Gasteiger partial charge on any atom is 0.124 e. The summed E-state index contributed by atoms with van der Waals surface area (Å²) in [5.41, 5.74) is 9.98. The third-order valence-corrected chi connectivity index (χ3v) is 8.15. The molecule has 0 fully saturated rings. The molecule has 3 nitrogen and oxygen atoms in total. The number of carbonyl (C=O) groups is 1. The lowest BCUT2D eigenvalue weighted by Gasteiger charge is -2.34. The van der Waals surface area contributed by atoms with Gasteiger partial charge in [0.1, 0.15) is 6.29 Å². The molecule has 206 valence electrons. The van der Waals surface area contributed by atoms with Crippen molar-refractivity contribution in [2.45, 2.75) is 92.1 Å². The highest BCUT2D eigenvalue weighted by Gasteiger charge is 2.31. The topological polar surface area (TPSA) is 57.5 Å². The highest BCUT2D eigenvalue weighted by atomic mass is 16.3. The number of carbonyl (C=O) groups excluding carboxylic acids is 1. The second-order valence-corrected chi connectivity index (χ2v) is 11.4. The third kappa shape index (κ3) is 7.21. The molecule has 0 aliphatic heterocycles. The Morgan fingerprint density at radius 3 is 1.84 bits per heavy atom. The molecule has 0 saturated carbocycles. The van der Waals surface area contributed by atoms with Crippen LogP contribution in [0.3, 0.4) is 0 Å². The molecule has 3 aromatic rings. The fraction of sp³-hybridized carbons (Fsp3) is 0.457. The average molecular weight is 517 g/mol. The van der Waals surface area contributed by atoms with Gasteiger partial charge in [-0.3, -0.25) is 0 Å². The van der Waals surface area contributed by atoms with Gasteiger partial charge in [0.15, 0.2) is 0 Å². The lowest BCUT2D eigenvalue weighted by Crippen LogP contribution is -2.27. The highest BCUT2D eigenvalue weighted by Crippen LogP contribution is 2.41. The Morgan fingerprint density at radius 1 is 0.816 bits per heavy atom. The van der Waals surface area contributed by atoms with Crippen molar-refractivity contribution in [3.05, 3.63) is 94.0 Å². The molecule has 0 amide bonds. The molecule has 0 aliphatic rings. The van der Waals surface area contributed by atoms with Crippen LogP contribution in [0.25, 0.3) is 11.1 Å². The molecular weight excluding hydrogens is 468 g/mol. The van der Waals surface area contributed by atoms with Crippen LogP contribution < -0.4 is 0 Å². The Balaban J connectivity index is 0.00000247. The molecule has 3 aromatic carbocycles. The van der Waals surface area contributed by atoms with Gasteiger partial charge in [0.05, 0.1) is 6.10 Å². The largest absolute Gasteiger partial charge is 0.400 e. The smallest absolute Gasteiger partial charge is 0.124 e. The van der Waals surface area contributed by atoms with Crippen LogP contribution >= 0.6 is 0 Å². The molecule has 3 heteroatoms. The normalized spacial score (nSPS) is 12.5. The predicted molar refractivity (Wildman–Crippen MR) is 161 cm³/mol. The van der Waals surface area contributed by atoms with E-state index in [0.717, 1.165) is 44.6 Å². The molecule has 3 rings (SSSR count). The van der Waals surface area contributed by atoms with Crippen molar-refractivity contribution in [1.29, 1.82) is 0 Å². The molecular formula is C35H48O3. The summed E-state index contributed by atoms with van der Waals surface area (Å²) >= 11 is 0. The van der Waals surface area contributed by atoms with E-state index in [2.05, 4.69) is 97.0 Å². The Labute approximate surface area is 231 Å². The van der Waals surface area contributed by atoms with E-state index in [4.69, 9.17) is 5.11 Å². The van der Waals surface area contributed by atoms with Crippen LogP contribution in [0.15, 0.2) is 60.7 Å². The van der Waals surface area contributed by atoms with Crippen molar-refractivity contribution in [2.24, 2.45) is 5.41 Å². The Morgan fingerprint density at radius 2 is 1.37 bits per heavy atom. The first-order valence-corrected chi connectivity index (χ1v) is 13.9. The second kappa shape index (κ2) is 13.9. The summed E-state index contributed by atoms with van der Waals surface area (Å²) in [4.78, 5) is 10.8. The maximum absolute atomic E-state index is 10.8. The van der Waals surface area contributed by atoms with Crippen LogP contribution in [0.5, 0.6) is 0 Å². The fourth-order valence-corrected chi connectivity index (χ4v) is 5.43. The zero-order valence-corrected chi connectivity index (χ0v) is 24.8. The molecule has 0 heterocycles. The molecule has 1 unspecified atom stereocenters. The summed E-state index contributed by atoms with van der Waals surface area (Å²) in [6.07, 6.45) is 4.86. The predicted octanol–water partition coefficient (Wildman–Crippen LogP) is 7.77. The van der Waals surface area contributed by atoms with Crippen molar-refractivity contribution < 1.29 is 15.0 Å². The van der Waals surface area contributed by atoms with Gasteiger partial charge in [0, 0.05) is 18.9 Å². The van der Waals surface area contributed by atoms with Gasteiger partial charge in [-0.05, 0) is 89.5 Å². The van der Waals surface area contributed by atoms with E-state index < -0.39 is 0 Å². The minimum Gasteiger partial charge on any atom is -0.400 e. The van der Waals surface area contributed by atoms with Crippen LogP contribution in [-0.2, 0) is 23.1 Å². The Hall–Kier alpha value is -2.75. The van der Waals surface area contributed by atoms with Gasteiger partial charge in [0.2, 0.25) is 0 Å². The fourth-order valence-electron chi connectivity index (χ4n) is 5.43. The molecule has 0 bridgehead atoms. The molecule has 0 saturated heterocycles. The highest BCUT2D eigenvalue weighted by molar-refractivity contribution is 5.69. The first-order valence-electron chi connectivity index (χ1n) is 13.9. The maximum atomic E-state index is 10.8. The minimum atomic E-state index is -0.301. The average Bonchev–Trinajstić information content (AvgIpc) is 2.90. The number of aryl methyl sites for hydroxylation is 3. The summed E-state index contributed by atoms with van der Waals surface area (Å²) in [7, 11) is 1.00. The van der Waals surface area contributed by atoms with E-state index >= 15 is 0 Å². The molecule has 2 N–H and O–H groups in total. The van der Waals surface area contributed by atoms with E-state index in [1.807, 2.05) is 12.1 Å². The van der Waals surface area contributed by atoms with Gasteiger partial charge in [-0.15, -0.1) is 0 Å². The number of benzene rings is 3. The Kier molecular flexibility index (Phi) is 11.5. The first kappa shape index (κ1) is 31.5. The van der Waals surface area contributed by atoms with Crippen molar-refractivity contribution in [3.8, 4) is 11.1 Å². The number of aliphatic hydroxyl groups is 2. The lowest BCUT2D eigenvalue weighted by atomic mass is 9.69. The van der Waals surface area contributed by atoms with Crippen LogP contribution in [-0.4, -0.2) is 29.7 Å². The third-order valence-electron chi connectivity index (χ3n) is 8.15. The summed E-state index contributed by atoms with van der Waals surface area (Å²) in [6, 6.07) is 22.2. The molecule has 0 aliphatic carbocycles. The summed E-state index contributed by atoms with van der Waals surface area (Å²) in [5, 5.41) is 17.5. The number of aldehydes is 1. The van der Waals surface area contributed by atoms with Crippen molar-refractivity contribution >= 4 is 6.29 Å². The van der Waals surface area contributed by atoms with Crippen LogP contribution in [0.1, 0.15) is 87.3 Å². The van der Waals surface area contributed by atoms with Gasteiger partial charge >= 0.3 is 0 Å². The van der Waals surface area contributed by atoms with Crippen LogP contribution in [0, 0.1) is 19.3 Å². The number of aliphatic hydroxyl groups excluding tert-OH is 2. The van der Waals surface area contributed by atoms with Crippen LogP contribution in [0.4, 0.5) is 0 Å². The van der Waals surface area contributed by atoms with Crippen molar-refractivity contribution in [3.63, 3.8) is 0 Å². The molecule has 0 aromatic heterocycles. The van der Waals surface area contributed by atoms with Gasteiger partial charge in [0.25, 0.3) is 0 Å². The van der Waals surface area contributed by atoms with E-state index in [-0.39, 0.29) is 16.9 Å². The molecule has 0 spiro atoms. The lowest BCUT2D eigenvalue weighted by molar-refractivity contribution is -0.107. The quantitative estimate of drug-likeness (QED) is 0.271. The van der Waals surface area contributed by atoms with Gasteiger partial charge in [-0.25, -0.2) is 0 Å². The van der Waals surface area contributed by atoms with Gasteiger partial charge < -0.3 is 15.0 Å². The van der Waals surface area contributed by atoms with E-state index in [0.29, 0.717) is 6.42 Å². The minimum absolute atomic E-state index is 0.0364. The standard InChI is InChI=1S/C34H44O2.CH4O/c1-8-34(9-2,29-16-14-27(24(3)22-29)15-19-32(36)33(5,6)7)30-17-18-31(25(4)23-30)28-12-10-26(11-13-28)20-21-35;1-2/h10-14,16-18,21-23,32,36H,8-9,15,19-20H2,1-7H3;2H,1H3. The summed E-state index contributed by atoms with van der Waals surface area (Å²) in [6.45, 7) is 15.3. The number of hydrogen-bond acceptors (Lipinski definition) is 3. The summed E-state index contributed by atoms with van der Waals surface area (Å²) in [5.74, 6) is 0. The molecule has 38 heavy (non-hydrogen) atoms. The molecule has 0 radical (unpaired) electrons. The number of rotatable bonds is 10. The van der Waals surface area contributed by atoms with Crippen molar-refractivity contribution in [1.82, 2.24) is 0 Å².